The number of alkyl halides is 2. The summed E-state index contributed by atoms with van der Waals surface area (Å²) in [6.45, 7) is 7.63. The molecule has 1 unspecified atom stereocenters. The molecule has 1 heterocycles. The van der Waals surface area contributed by atoms with Crippen molar-refractivity contribution in [3.63, 3.8) is 0 Å². The maximum absolute atomic E-state index is 12.2. The van der Waals surface area contributed by atoms with Gasteiger partial charge in [-0.1, -0.05) is 13.8 Å². The van der Waals surface area contributed by atoms with Crippen LogP contribution in [0.2, 0.25) is 0 Å². The molecule has 0 saturated heterocycles. The van der Waals surface area contributed by atoms with Crippen molar-refractivity contribution in [2.45, 2.75) is 44.4 Å². The zero-order chi connectivity index (χ0) is 14.4. The van der Waals surface area contributed by atoms with E-state index in [9.17, 15) is 4.79 Å². The second kappa shape index (κ2) is 4.60. The Morgan fingerprint density at radius 2 is 2.00 bits per heavy atom. The number of hydrogen-bond acceptors (Lipinski definition) is 3. The smallest absolute Gasteiger partial charge is 0.234 e. The molecule has 1 aromatic heterocycles. The summed E-state index contributed by atoms with van der Waals surface area (Å²) in [4.78, 5) is 20.8. The summed E-state index contributed by atoms with van der Waals surface area (Å²) in [6, 6.07) is 1.74. The molecule has 104 valence electrons. The van der Waals surface area contributed by atoms with Crippen molar-refractivity contribution < 1.29 is 4.79 Å². The Labute approximate surface area is 122 Å². The Bertz CT molecular complexity index is 531. The van der Waals surface area contributed by atoms with E-state index in [-0.39, 0.29) is 11.8 Å². The van der Waals surface area contributed by atoms with E-state index in [0.717, 1.165) is 5.69 Å². The van der Waals surface area contributed by atoms with Gasteiger partial charge in [0.05, 0.1) is 5.41 Å². The predicted octanol–water partition coefficient (Wildman–Crippen LogP) is 3.43. The molecule has 1 N–H and O–H groups in total. The van der Waals surface area contributed by atoms with Gasteiger partial charge in [-0.25, -0.2) is 9.97 Å². The first-order valence-corrected chi connectivity index (χ1v) is 6.96. The summed E-state index contributed by atoms with van der Waals surface area (Å²) >= 11 is 12.0. The second-order valence-corrected chi connectivity index (χ2v) is 7.06. The van der Waals surface area contributed by atoms with Gasteiger partial charge in [-0.3, -0.25) is 4.79 Å². The number of rotatable bonds is 3. The van der Waals surface area contributed by atoms with Gasteiger partial charge in [0.2, 0.25) is 5.91 Å². The Kier molecular flexibility index (Phi) is 3.52. The van der Waals surface area contributed by atoms with Crippen molar-refractivity contribution in [1.82, 2.24) is 9.97 Å². The molecule has 1 atom stereocenters. The molecule has 1 amide bonds. The van der Waals surface area contributed by atoms with Crippen molar-refractivity contribution >= 4 is 34.9 Å². The molecule has 0 aromatic carbocycles. The molecular formula is C13H17Cl2N3O. The Morgan fingerprint density at radius 3 is 2.47 bits per heavy atom. The van der Waals surface area contributed by atoms with E-state index in [1.807, 2.05) is 20.8 Å². The van der Waals surface area contributed by atoms with Crippen LogP contribution < -0.4 is 5.32 Å². The minimum absolute atomic E-state index is 0.201. The minimum Gasteiger partial charge on any atom is -0.310 e. The lowest BCUT2D eigenvalue weighted by Gasteiger charge is -2.13. The number of amides is 1. The summed E-state index contributed by atoms with van der Waals surface area (Å²) in [7, 11) is 0. The lowest BCUT2D eigenvalue weighted by molar-refractivity contribution is -0.120. The third-order valence-corrected chi connectivity index (χ3v) is 4.49. The number of hydrogen-bond donors (Lipinski definition) is 1. The van der Waals surface area contributed by atoms with Crippen LogP contribution in [0.15, 0.2) is 6.07 Å². The zero-order valence-corrected chi connectivity index (χ0v) is 12.9. The van der Waals surface area contributed by atoms with Gasteiger partial charge < -0.3 is 5.32 Å². The number of halogens is 2. The summed E-state index contributed by atoms with van der Waals surface area (Å²) < 4.78 is -0.972. The van der Waals surface area contributed by atoms with Crippen LogP contribution >= 0.6 is 23.2 Å². The third kappa shape index (κ3) is 2.70. The largest absolute Gasteiger partial charge is 0.310 e. The number of aromatic nitrogens is 2. The normalized spacial score (nSPS) is 24.4. The Morgan fingerprint density at radius 1 is 1.42 bits per heavy atom. The number of aryl methyl sites for hydroxylation is 1. The molecule has 1 saturated carbocycles. The van der Waals surface area contributed by atoms with Gasteiger partial charge >= 0.3 is 0 Å². The Balaban J connectivity index is 2.18. The average Bonchev–Trinajstić information content (AvgIpc) is 2.78. The van der Waals surface area contributed by atoms with Crippen LogP contribution in [0.3, 0.4) is 0 Å². The van der Waals surface area contributed by atoms with Crippen LogP contribution in [-0.2, 0) is 4.79 Å². The van der Waals surface area contributed by atoms with Gasteiger partial charge in [-0.05, 0) is 20.3 Å². The van der Waals surface area contributed by atoms with Gasteiger partial charge in [-0.15, -0.1) is 23.2 Å². The highest BCUT2D eigenvalue weighted by Gasteiger charge is 2.67. The highest BCUT2D eigenvalue weighted by Crippen LogP contribution is 2.64. The monoisotopic (exact) mass is 301 g/mol. The number of nitrogens with one attached hydrogen (secondary N) is 1. The van der Waals surface area contributed by atoms with Crippen molar-refractivity contribution in [3.8, 4) is 0 Å². The van der Waals surface area contributed by atoms with E-state index in [4.69, 9.17) is 23.2 Å². The SMILES string of the molecule is Cc1cc(NC(=O)C2(C)CC2(Cl)Cl)nc(C(C)C)n1. The summed E-state index contributed by atoms with van der Waals surface area (Å²) in [5.74, 6) is 1.20. The van der Waals surface area contributed by atoms with E-state index < -0.39 is 9.75 Å². The molecule has 0 spiro atoms. The fourth-order valence-corrected chi connectivity index (χ4v) is 2.52. The molecule has 1 aromatic rings. The van der Waals surface area contributed by atoms with E-state index in [1.165, 1.54) is 0 Å². The standard InChI is InChI=1S/C13H17Cl2N3O/c1-7(2)10-16-8(3)5-9(17-10)18-11(19)12(4)6-13(12,14)15/h5,7H,6H2,1-4H3,(H,16,17,18,19). The van der Waals surface area contributed by atoms with Crippen LogP contribution in [0.5, 0.6) is 0 Å². The number of nitrogens with zero attached hydrogens (tertiary/aromatic N) is 2. The van der Waals surface area contributed by atoms with Crippen LogP contribution in [-0.4, -0.2) is 20.2 Å². The average molecular weight is 302 g/mol. The van der Waals surface area contributed by atoms with Gasteiger partial charge in [0.25, 0.3) is 0 Å². The first-order valence-electron chi connectivity index (χ1n) is 6.20. The third-order valence-electron chi connectivity index (χ3n) is 3.39. The molecule has 19 heavy (non-hydrogen) atoms. The van der Waals surface area contributed by atoms with Gasteiger partial charge in [0, 0.05) is 17.7 Å². The van der Waals surface area contributed by atoms with Crippen LogP contribution in [0, 0.1) is 12.3 Å². The summed E-state index contributed by atoms with van der Waals surface area (Å²) in [6.07, 6.45) is 0.454. The van der Waals surface area contributed by atoms with Crippen LogP contribution in [0.1, 0.15) is 44.6 Å². The quantitative estimate of drug-likeness (QED) is 0.870. The number of carbonyl (C=O) groups excluding carboxylic acids is 1. The summed E-state index contributed by atoms with van der Waals surface area (Å²) in [5, 5.41) is 2.78. The predicted molar refractivity (Wildman–Crippen MR) is 76.6 cm³/mol. The molecule has 6 heteroatoms. The molecule has 1 aliphatic rings. The van der Waals surface area contributed by atoms with E-state index >= 15 is 0 Å². The van der Waals surface area contributed by atoms with E-state index in [1.54, 1.807) is 13.0 Å². The second-order valence-electron chi connectivity index (χ2n) is 5.57. The van der Waals surface area contributed by atoms with Gasteiger partial charge in [0.15, 0.2) is 0 Å². The highest BCUT2D eigenvalue weighted by atomic mass is 35.5. The highest BCUT2D eigenvalue weighted by molar-refractivity contribution is 6.53. The zero-order valence-electron chi connectivity index (χ0n) is 11.4. The maximum atomic E-state index is 12.2. The van der Waals surface area contributed by atoms with Crippen molar-refractivity contribution in [3.05, 3.63) is 17.6 Å². The van der Waals surface area contributed by atoms with E-state index in [0.29, 0.717) is 18.1 Å². The number of carbonyl (C=O) groups is 1. The molecular weight excluding hydrogens is 285 g/mol. The lowest BCUT2D eigenvalue weighted by atomic mass is 10.1. The van der Waals surface area contributed by atoms with E-state index in [2.05, 4.69) is 15.3 Å². The fraction of sp³-hybridized carbons (Fsp3) is 0.615. The van der Waals surface area contributed by atoms with Crippen molar-refractivity contribution in [2.75, 3.05) is 5.32 Å². The van der Waals surface area contributed by atoms with Gasteiger partial charge in [0.1, 0.15) is 16.0 Å². The topological polar surface area (TPSA) is 54.9 Å². The van der Waals surface area contributed by atoms with Crippen molar-refractivity contribution in [1.29, 1.82) is 0 Å². The van der Waals surface area contributed by atoms with Crippen LogP contribution in [0.25, 0.3) is 0 Å². The maximum Gasteiger partial charge on any atom is 0.234 e. The molecule has 0 aliphatic heterocycles. The van der Waals surface area contributed by atoms with Crippen LogP contribution in [0.4, 0.5) is 5.82 Å². The first-order chi connectivity index (χ1) is 8.65. The molecule has 1 fully saturated rings. The Hall–Kier alpha value is -0.870. The molecule has 0 bridgehead atoms. The molecule has 2 rings (SSSR count). The van der Waals surface area contributed by atoms with Crippen molar-refractivity contribution in [2.24, 2.45) is 5.41 Å². The molecule has 4 nitrogen and oxygen atoms in total. The minimum atomic E-state index is -0.972. The number of anilines is 1. The summed E-state index contributed by atoms with van der Waals surface area (Å²) in [5.41, 5.74) is 0.0745. The first kappa shape index (κ1) is 14.5. The van der Waals surface area contributed by atoms with Gasteiger partial charge in [-0.2, -0.15) is 0 Å². The lowest BCUT2D eigenvalue weighted by Crippen LogP contribution is -2.26. The fourth-order valence-electron chi connectivity index (χ4n) is 1.81. The molecule has 0 radical (unpaired) electrons. The molecule has 1 aliphatic carbocycles.